The lowest BCUT2D eigenvalue weighted by molar-refractivity contribution is -0.171. The highest BCUT2D eigenvalue weighted by molar-refractivity contribution is 5.87. The molecular formula is C58H51N7O3. The number of fused-ring (bicyclic) bond motifs is 2. The van der Waals surface area contributed by atoms with Crippen LogP contribution in [0.3, 0.4) is 0 Å². The van der Waals surface area contributed by atoms with Gasteiger partial charge in [0.25, 0.3) is 0 Å². The summed E-state index contributed by atoms with van der Waals surface area (Å²) >= 11 is 0. The highest BCUT2D eigenvalue weighted by Gasteiger charge is 2.51. The van der Waals surface area contributed by atoms with Crippen LogP contribution in [0.25, 0.3) is 33.4 Å². The summed E-state index contributed by atoms with van der Waals surface area (Å²) in [7, 11) is 0. The van der Waals surface area contributed by atoms with Crippen LogP contribution < -0.4 is 4.74 Å². The largest absolute Gasteiger partial charge is 0.472 e. The zero-order valence-electron chi connectivity index (χ0n) is 37.9. The Kier molecular flexibility index (Phi) is 11.9. The van der Waals surface area contributed by atoms with Crippen LogP contribution in [0.4, 0.5) is 0 Å². The van der Waals surface area contributed by atoms with Crippen molar-refractivity contribution in [3.63, 3.8) is 0 Å². The van der Waals surface area contributed by atoms with Gasteiger partial charge in [-0.3, -0.25) is 9.63 Å². The van der Waals surface area contributed by atoms with E-state index in [0.717, 1.165) is 92.5 Å². The van der Waals surface area contributed by atoms with Crippen LogP contribution in [0.15, 0.2) is 188 Å². The Morgan fingerprint density at radius 2 is 1.32 bits per heavy atom. The molecule has 11 rings (SSSR count). The Hall–Kier alpha value is -7.66. The number of aromatic nitrogens is 6. The van der Waals surface area contributed by atoms with E-state index in [1.54, 1.807) is 0 Å². The normalized spacial score (nSPS) is 17.1. The van der Waals surface area contributed by atoms with Crippen LogP contribution >= 0.6 is 0 Å². The third-order valence-electron chi connectivity index (χ3n) is 13.5. The summed E-state index contributed by atoms with van der Waals surface area (Å²) < 4.78 is 8.67. The number of ketones is 1. The van der Waals surface area contributed by atoms with Crippen molar-refractivity contribution in [1.29, 1.82) is 0 Å². The van der Waals surface area contributed by atoms with E-state index in [-0.39, 0.29) is 23.8 Å². The molecule has 0 bridgehead atoms. The number of carbonyl (C=O) groups excluding carboxylic acids is 1. The molecule has 0 radical (unpaired) electrons. The van der Waals surface area contributed by atoms with E-state index in [1.807, 2.05) is 58.3 Å². The van der Waals surface area contributed by atoms with Gasteiger partial charge >= 0.3 is 0 Å². The summed E-state index contributed by atoms with van der Waals surface area (Å²) in [5, 5.41) is 16.8. The van der Waals surface area contributed by atoms with Crippen LogP contribution in [0.2, 0.25) is 0 Å². The van der Waals surface area contributed by atoms with Crippen molar-refractivity contribution in [3.8, 4) is 28.4 Å². The summed E-state index contributed by atoms with van der Waals surface area (Å²) in [5.41, 5.74) is 9.06. The molecule has 68 heavy (non-hydrogen) atoms. The van der Waals surface area contributed by atoms with Gasteiger partial charge in [0, 0.05) is 24.9 Å². The second kappa shape index (κ2) is 18.9. The molecule has 3 atom stereocenters. The van der Waals surface area contributed by atoms with Crippen molar-refractivity contribution >= 4 is 16.7 Å². The first-order chi connectivity index (χ1) is 33.6. The topological polar surface area (TPSA) is 108 Å². The second-order valence-corrected chi connectivity index (χ2v) is 17.8. The van der Waals surface area contributed by atoms with Gasteiger partial charge in [-0.15, -0.1) is 5.10 Å². The third kappa shape index (κ3) is 8.05. The van der Waals surface area contributed by atoms with E-state index >= 15 is 0 Å². The molecule has 1 saturated heterocycles. The Morgan fingerprint density at radius 3 is 1.99 bits per heavy atom. The van der Waals surface area contributed by atoms with Crippen LogP contribution in [0.5, 0.6) is 5.88 Å². The van der Waals surface area contributed by atoms with Crippen LogP contribution in [-0.4, -0.2) is 47.1 Å². The van der Waals surface area contributed by atoms with E-state index in [4.69, 9.17) is 29.9 Å². The van der Waals surface area contributed by atoms with Gasteiger partial charge in [0.05, 0.1) is 29.0 Å². The minimum Gasteiger partial charge on any atom is -0.472 e. The van der Waals surface area contributed by atoms with E-state index in [9.17, 15) is 4.79 Å². The summed E-state index contributed by atoms with van der Waals surface area (Å²) in [6.45, 7) is 3.05. The van der Waals surface area contributed by atoms with Crippen LogP contribution in [0, 0.1) is 5.92 Å². The van der Waals surface area contributed by atoms with E-state index < -0.39 is 5.54 Å². The lowest BCUT2D eigenvalue weighted by Crippen LogP contribution is -2.39. The molecule has 1 saturated carbocycles. The first-order valence-electron chi connectivity index (χ1n) is 23.7. The summed E-state index contributed by atoms with van der Waals surface area (Å²) in [6.07, 6.45) is 3.90. The number of rotatable bonds is 15. The SMILES string of the molecule is CCCCc1nc(OCc2ccc(-c3ccccc3-c3nnnn3C(c3ccccc3)(c3ccccc3)c3ccccc3)cc2)c2cc([C@H]3[C@H]4C(=O)CC[C@H]4ON3Cc3ccccc3)ccc2n1. The maximum Gasteiger partial charge on any atom is 0.225 e. The van der Waals surface area contributed by atoms with Gasteiger partial charge in [0.1, 0.15) is 23.8 Å². The monoisotopic (exact) mass is 893 g/mol. The number of hydroxylamine groups is 2. The molecule has 2 fully saturated rings. The van der Waals surface area contributed by atoms with Gasteiger partial charge < -0.3 is 4.74 Å². The highest BCUT2D eigenvalue weighted by atomic mass is 16.7. The van der Waals surface area contributed by atoms with Crippen molar-refractivity contribution in [2.75, 3.05) is 0 Å². The van der Waals surface area contributed by atoms with E-state index in [2.05, 4.69) is 152 Å². The highest BCUT2D eigenvalue weighted by Crippen LogP contribution is 2.48. The molecule has 0 unspecified atom stereocenters. The number of carbonyl (C=O) groups is 1. The first kappa shape index (κ1) is 42.9. The van der Waals surface area contributed by atoms with Crippen LogP contribution in [0.1, 0.15) is 77.9 Å². The molecule has 3 heterocycles. The van der Waals surface area contributed by atoms with Gasteiger partial charge in [-0.1, -0.05) is 189 Å². The number of hydrogen-bond acceptors (Lipinski definition) is 9. The molecule has 2 aromatic heterocycles. The molecule has 1 aliphatic heterocycles. The summed E-state index contributed by atoms with van der Waals surface area (Å²) in [4.78, 5) is 30.0. The smallest absolute Gasteiger partial charge is 0.225 e. The Morgan fingerprint density at radius 1 is 0.691 bits per heavy atom. The zero-order chi connectivity index (χ0) is 45.9. The number of unbranched alkanes of at least 4 members (excludes halogenated alkanes) is 1. The van der Waals surface area contributed by atoms with Crippen molar-refractivity contribution in [1.82, 2.24) is 35.2 Å². The second-order valence-electron chi connectivity index (χ2n) is 17.8. The fourth-order valence-corrected chi connectivity index (χ4v) is 10.3. The quantitative estimate of drug-likeness (QED) is 0.0930. The standard InChI is InChI=1S/C58H51N7O3/c1-2-3-28-53-59-50-34-33-43(55-54-51(66)35-36-52(54)68-64(55)38-40-18-8-4-9-19-40)37-49(50)57(60-53)67-39-41-29-31-42(32-30-41)47-26-16-17-27-48(47)56-61-62-63-65(56)58(44-20-10-5-11-21-44,45-22-12-6-13-23-45)46-24-14-7-15-25-46/h4-27,29-34,37,52,54-55H,2-3,28,35-36,38-39H2,1H3/t52-,54+,55+/m1/s1. The number of hydrogen-bond donors (Lipinski definition) is 0. The lowest BCUT2D eigenvalue weighted by atomic mass is 9.77. The molecule has 0 N–H and O–H groups in total. The maximum atomic E-state index is 13.4. The van der Waals surface area contributed by atoms with Crippen molar-refractivity contribution < 1.29 is 14.4 Å². The Bertz CT molecular complexity index is 3070. The molecule has 10 heteroatoms. The minimum atomic E-state index is -0.887. The molecule has 336 valence electrons. The maximum absolute atomic E-state index is 13.4. The van der Waals surface area contributed by atoms with E-state index in [0.29, 0.717) is 31.3 Å². The van der Waals surface area contributed by atoms with Crippen molar-refractivity contribution in [2.45, 2.75) is 69.9 Å². The van der Waals surface area contributed by atoms with E-state index in [1.165, 1.54) is 0 Å². The molecular weight excluding hydrogens is 843 g/mol. The molecule has 9 aromatic rings. The van der Waals surface area contributed by atoms with Gasteiger partial charge in [0.2, 0.25) is 5.88 Å². The molecule has 7 aromatic carbocycles. The van der Waals surface area contributed by atoms with Gasteiger partial charge in [-0.25, -0.2) is 9.67 Å². The number of aryl methyl sites for hydroxylation is 1. The Labute approximate surface area is 396 Å². The lowest BCUT2D eigenvalue weighted by Gasteiger charge is -2.36. The fraction of sp³-hybridized carbons (Fsp3) is 0.207. The predicted molar refractivity (Wildman–Crippen MR) is 263 cm³/mol. The van der Waals surface area contributed by atoms with Gasteiger partial charge in [-0.05, 0) is 79.9 Å². The van der Waals surface area contributed by atoms with Crippen molar-refractivity contribution in [3.05, 3.63) is 227 Å². The average molecular weight is 894 g/mol. The summed E-state index contributed by atoms with van der Waals surface area (Å²) in [6, 6.07) is 64.4. The number of ether oxygens (including phenoxy) is 1. The third-order valence-corrected chi connectivity index (χ3v) is 13.5. The van der Waals surface area contributed by atoms with Crippen molar-refractivity contribution in [2.24, 2.45) is 5.92 Å². The predicted octanol–water partition coefficient (Wildman–Crippen LogP) is 11.5. The molecule has 0 spiro atoms. The number of tetrazole rings is 1. The van der Waals surface area contributed by atoms with Gasteiger partial charge in [0.15, 0.2) is 5.82 Å². The van der Waals surface area contributed by atoms with Gasteiger partial charge in [-0.2, -0.15) is 10.0 Å². The minimum absolute atomic E-state index is 0.133. The number of nitrogens with zero attached hydrogens (tertiary/aromatic N) is 7. The van der Waals surface area contributed by atoms with Crippen LogP contribution in [-0.2, 0) is 34.7 Å². The zero-order valence-corrected chi connectivity index (χ0v) is 37.9. The molecule has 2 aliphatic rings. The fourth-order valence-electron chi connectivity index (χ4n) is 10.3. The summed E-state index contributed by atoms with van der Waals surface area (Å²) in [5.74, 6) is 1.95. The Balaban J connectivity index is 0.920. The first-order valence-corrected chi connectivity index (χ1v) is 23.7. The number of Topliss-reactive ketones (excluding diaryl/α,β-unsaturated/α-hetero) is 1. The average Bonchev–Trinajstić information content (AvgIpc) is 4.13. The number of benzene rings is 7. The molecule has 0 amide bonds. The molecule has 10 nitrogen and oxygen atoms in total. The molecule has 1 aliphatic carbocycles.